The molecule has 1 heterocycles. The van der Waals surface area contributed by atoms with E-state index in [1.54, 1.807) is 12.3 Å². The fourth-order valence-electron chi connectivity index (χ4n) is 1.07. The predicted molar refractivity (Wildman–Crippen MR) is 66.5 cm³/mol. The third-order valence-electron chi connectivity index (χ3n) is 1.83. The van der Waals surface area contributed by atoms with Crippen molar-refractivity contribution >= 4 is 27.4 Å². The predicted octanol–water partition coefficient (Wildman–Crippen LogP) is 3.95. The SMILES string of the molecule is Brc1ccc(N/N=N/c2ccccn2)cc1. The average Bonchev–Trinajstić information content (AvgIpc) is 2.33. The van der Waals surface area contributed by atoms with E-state index in [2.05, 4.69) is 36.7 Å². The molecule has 0 unspecified atom stereocenters. The van der Waals surface area contributed by atoms with Crippen LogP contribution < -0.4 is 5.43 Å². The Balaban J connectivity index is 1.97. The highest BCUT2D eigenvalue weighted by Crippen LogP contribution is 2.14. The Morgan fingerprint density at radius 3 is 2.56 bits per heavy atom. The van der Waals surface area contributed by atoms with Gasteiger partial charge in [-0.15, -0.1) is 5.11 Å². The van der Waals surface area contributed by atoms with E-state index in [0.29, 0.717) is 5.82 Å². The maximum Gasteiger partial charge on any atom is 0.176 e. The van der Waals surface area contributed by atoms with Gasteiger partial charge in [-0.1, -0.05) is 27.2 Å². The molecule has 0 saturated heterocycles. The van der Waals surface area contributed by atoms with Crippen molar-refractivity contribution in [3.63, 3.8) is 0 Å². The van der Waals surface area contributed by atoms with Crippen LogP contribution in [-0.2, 0) is 0 Å². The summed E-state index contributed by atoms with van der Waals surface area (Å²) in [4.78, 5) is 4.02. The van der Waals surface area contributed by atoms with Gasteiger partial charge in [0.25, 0.3) is 0 Å². The average molecular weight is 277 g/mol. The lowest BCUT2D eigenvalue weighted by molar-refractivity contribution is 1.09. The quantitative estimate of drug-likeness (QED) is 0.682. The summed E-state index contributed by atoms with van der Waals surface area (Å²) in [7, 11) is 0. The lowest BCUT2D eigenvalue weighted by atomic mass is 10.3. The second-order valence-electron chi connectivity index (χ2n) is 3.01. The van der Waals surface area contributed by atoms with Crippen LogP contribution in [0.3, 0.4) is 0 Å². The number of anilines is 1. The molecule has 2 rings (SSSR count). The highest BCUT2D eigenvalue weighted by molar-refractivity contribution is 9.10. The molecule has 0 radical (unpaired) electrons. The summed E-state index contributed by atoms with van der Waals surface area (Å²) in [5.41, 5.74) is 3.70. The Kier molecular flexibility index (Phi) is 3.61. The van der Waals surface area contributed by atoms with Gasteiger partial charge in [-0.2, -0.15) is 0 Å². The first-order chi connectivity index (χ1) is 7.84. The van der Waals surface area contributed by atoms with E-state index in [9.17, 15) is 0 Å². The van der Waals surface area contributed by atoms with E-state index >= 15 is 0 Å². The number of hydrogen-bond acceptors (Lipinski definition) is 3. The van der Waals surface area contributed by atoms with Gasteiger partial charge in [-0.3, -0.25) is 5.43 Å². The van der Waals surface area contributed by atoms with E-state index in [-0.39, 0.29) is 0 Å². The van der Waals surface area contributed by atoms with Gasteiger partial charge < -0.3 is 0 Å². The summed E-state index contributed by atoms with van der Waals surface area (Å²) in [5.74, 6) is 0.576. The van der Waals surface area contributed by atoms with E-state index in [4.69, 9.17) is 0 Å². The zero-order valence-corrected chi connectivity index (χ0v) is 9.92. The third-order valence-corrected chi connectivity index (χ3v) is 2.35. The number of pyridine rings is 1. The minimum absolute atomic E-state index is 0.576. The molecule has 0 fully saturated rings. The smallest absolute Gasteiger partial charge is 0.176 e. The number of halogens is 1. The summed E-state index contributed by atoms with van der Waals surface area (Å²) >= 11 is 3.36. The Morgan fingerprint density at radius 2 is 1.88 bits per heavy atom. The minimum atomic E-state index is 0.576. The number of nitrogens with zero attached hydrogens (tertiary/aromatic N) is 3. The number of rotatable bonds is 3. The molecule has 0 atom stereocenters. The molecular weight excluding hydrogens is 268 g/mol. The van der Waals surface area contributed by atoms with Crippen LogP contribution in [0.1, 0.15) is 0 Å². The van der Waals surface area contributed by atoms with Crippen molar-refractivity contribution in [2.24, 2.45) is 10.3 Å². The van der Waals surface area contributed by atoms with Crippen LogP contribution in [0.5, 0.6) is 0 Å². The highest BCUT2D eigenvalue weighted by Gasteiger charge is 1.90. The summed E-state index contributed by atoms with van der Waals surface area (Å²) in [6.07, 6.45) is 1.67. The van der Waals surface area contributed by atoms with Gasteiger partial charge in [0, 0.05) is 10.7 Å². The second-order valence-corrected chi connectivity index (χ2v) is 3.92. The van der Waals surface area contributed by atoms with Crippen molar-refractivity contribution in [3.05, 3.63) is 53.1 Å². The highest BCUT2D eigenvalue weighted by atomic mass is 79.9. The zero-order valence-electron chi connectivity index (χ0n) is 8.34. The first-order valence-corrected chi connectivity index (χ1v) is 5.47. The maximum absolute atomic E-state index is 4.02. The summed E-state index contributed by atoms with van der Waals surface area (Å²) < 4.78 is 1.03. The van der Waals surface area contributed by atoms with Crippen molar-refractivity contribution in [1.29, 1.82) is 0 Å². The third kappa shape index (κ3) is 3.13. The van der Waals surface area contributed by atoms with Crippen molar-refractivity contribution in [2.45, 2.75) is 0 Å². The largest absolute Gasteiger partial charge is 0.260 e. The fraction of sp³-hybridized carbons (Fsp3) is 0. The van der Waals surface area contributed by atoms with E-state index in [1.807, 2.05) is 36.4 Å². The second kappa shape index (κ2) is 5.37. The van der Waals surface area contributed by atoms with Crippen LogP contribution in [0.15, 0.2) is 63.5 Å². The van der Waals surface area contributed by atoms with Gasteiger partial charge in [-0.05, 0) is 36.4 Å². The standard InChI is InChI=1S/C11H9BrN4/c12-9-4-6-10(7-5-9)14-16-15-11-3-1-2-8-13-11/h1-8H,(H,13,14,15). The fourth-order valence-corrected chi connectivity index (χ4v) is 1.34. The molecule has 1 aromatic heterocycles. The van der Waals surface area contributed by atoms with Crippen LogP contribution in [0.4, 0.5) is 11.5 Å². The lowest BCUT2D eigenvalue weighted by Gasteiger charge is -1.97. The number of benzene rings is 1. The van der Waals surface area contributed by atoms with E-state index in [0.717, 1.165) is 10.2 Å². The maximum atomic E-state index is 4.02. The van der Waals surface area contributed by atoms with Crippen molar-refractivity contribution in [1.82, 2.24) is 4.98 Å². The van der Waals surface area contributed by atoms with Gasteiger partial charge >= 0.3 is 0 Å². The number of nitrogens with one attached hydrogen (secondary N) is 1. The molecule has 5 heteroatoms. The molecule has 0 aliphatic rings. The van der Waals surface area contributed by atoms with E-state index < -0.39 is 0 Å². The molecule has 2 aromatic rings. The molecular formula is C11H9BrN4. The monoisotopic (exact) mass is 276 g/mol. The van der Waals surface area contributed by atoms with Gasteiger partial charge in [0.2, 0.25) is 0 Å². The molecule has 0 bridgehead atoms. The van der Waals surface area contributed by atoms with Gasteiger partial charge in [0.15, 0.2) is 5.82 Å². The Labute approximate surface area is 102 Å². The van der Waals surface area contributed by atoms with Gasteiger partial charge in [-0.25, -0.2) is 4.98 Å². The summed E-state index contributed by atoms with van der Waals surface area (Å²) in [6, 6.07) is 13.1. The summed E-state index contributed by atoms with van der Waals surface area (Å²) in [6.45, 7) is 0. The van der Waals surface area contributed by atoms with Crippen LogP contribution in [0.2, 0.25) is 0 Å². The first kappa shape index (κ1) is 10.8. The molecule has 0 amide bonds. The molecule has 16 heavy (non-hydrogen) atoms. The topological polar surface area (TPSA) is 49.6 Å². The Morgan fingerprint density at radius 1 is 1.06 bits per heavy atom. The molecule has 80 valence electrons. The minimum Gasteiger partial charge on any atom is -0.260 e. The summed E-state index contributed by atoms with van der Waals surface area (Å²) in [5, 5.41) is 7.75. The van der Waals surface area contributed by atoms with Gasteiger partial charge in [0.1, 0.15) is 0 Å². The van der Waals surface area contributed by atoms with Crippen LogP contribution in [-0.4, -0.2) is 4.98 Å². The Bertz CT molecular complexity index is 467. The number of hydrogen-bond donors (Lipinski definition) is 1. The van der Waals surface area contributed by atoms with Crippen molar-refractivity contribution < 1.29 is 0 Å². The van der Waals surface area contributed by atoms with E-state index in [1.165, 1.54) is 0 Å². The molecule has 4 nitrogen and oxygen atoms in total. The Hall–Kier alpha value is -1.75. The molecule has 1 aromatic carbocycles. The van der Waals surface area contributed by atoms with Crippen molar-refractivity contribution in [2.75, 3.05) is 5.43 Å². The molecule has 0 aliphatic heterocycles. The molecule has 0 saturated carbocycles. The molecule has 0 aliphatic carbocycles. The number of aromatic nitrogens is 1. The van der Waals surface area contributed by atoms with Crippen molar-refractivity contribution in [3.8, 4) is 0 Å². The van der Waals surface area contributed by atoms with Gasteiger partial charge in [0.05, 0.1) is 5.69 Å². The zero-order chi connectivity index (χ0) is 11.2. The van der Waals surface area contributed by atoms with Crippen LogP contribution in [0.25, 0.3) is 0 Å². The first-order valence-electron chi connectivity index (χ1n) is 4.68. The molecule has 1 N–H and O–H groups in total. The van der Waals surface area contributed by atoms with Crippen LogP contribution >= 0.6 is 15.9 Å². The normalized spacial score (nSPS) is 10.6. The lowest BCUT2D eigenvalue weighted by Crippen LogP contribution is -1.85. The molecule has 0 spiro atoms. The van der Waals surface area contributed by atoms with Crippen LogP contribution in [0, 0.1) is 0 Å².